The van der Waals surface area contributed by atoms with E-state index in [-0.39, 0.29) is 6.10 Å². The molecule has 0 heterocycles. The lowest BCUT2D eigenvalue weighted by atomic mass is 10.1. The first-order valence-electron chi connectivity index (χ1n) is 3.97. The number of hydrogen-bond donors (Lipinski definition) is 1. The minimum absolute atomic E-state index is 0.0926. The Hall–Kier alpha value is 0.310. The highest BCUT2D eigenvalue weighted by Crippen LogP contribution is 2.17. The second-order valence-corrected chi connectivity index (χ2v) is 3.62. The Bertz CT molecular complexity index is 71.7. The summed E-state index contributed by atoms with van der Waals surface area (Å²) >= 11 is 1.77. The number of aliphatic hydroxyl groups excluding tert-OH is 1. The van der Waals surface area contributed by atoms with Gasteiger partial charge >= 0.3 is 0 Å². The maximum Gasteiger partial charge on any atom is 0.0658 e. The summed E-state index contributed by atoms with van der Waals surface area (Å²) in [5, 5.41) is 9.93. The summed E-state index contributed by atoms with van der Waals surface area (Å²) in [6.07, 6.45) is 5.07. The first-order valence-corrected chi connectivity index (χ1v) is 5.25. The van der Waals surface area contributed by atoms with Gasteiger partial charge in [0.15, 0.2) is 0 Å². The van der Waals surface area contributed by atoms with Gasteiger partial charge in [0.05, 0.1) is 6.10 Å². The van der Waals surface area contributed by atoms with Gasteiger partial charge in [-0.25, -0.2) is 0 Å². The van der Waals surface area contributed by atoms with Crippen molar-refractivity contribution in [2.45, 2.75) is 44.5 Å². The van der Waals surface area contributed by atoms with Crippen molar-refractivity contribution in [1.29, 1.82) is 0 Å². The van der Waals surface area contributed by atoms with E-state index in [1.54, 1.807) is 11.8 Å². The SMILES string of the molecule is CCCC(O)C(CC)SC. The molecule has 2 unspecified atom stereocenters. The van der Waals surface area contributed by atoms with Gasteiger partial charge in [-0.1, -0.05) is 20.3 Å². The Morgan fingerprint density at radius 2 is 2.00 bits per heavy atom. The zero-order valence-corrected chi connectivity index (χ0v) is 7.95. The molecule has 0 bridgehead atoms. The van der Waals surface area contributed by atoms with Crippen molar-refractivity contribution in [2.24, 2.45) is 0 Å². The Labute approximate surface area is 68.2 Å². The van der Waals surface area contributed by atoms with Crippen molar-refractivity contribution in [3.05, 3.63) is 0 Å². The van der Waals surface area contributed by atoms with Crippen molar-refractivity contribution in [1.82, 2.24) is 0 Å². The lowest BCUT2D eigenvalue weighted by molar-refractivity contribution is 0.159. The fraction of sp³-hybridized carbons (Fsp3) is 1.00. The molecule has 2 heteroatoms. The van der Waals surface area contributed by atoms with E-state index in [0.717, 1.165) is 19.3 Å². The largest absolute Gasteiger partial charge is 0.392 e. The van der Waals surface area contributed by atoms with Gasteiger partial charge in [0.1, 0.15) is 0 Å². The van der Waals surface area contributed by atoms with E-state index in [1.165, 1.54) is 0 Å². The summed E-state index contributed by atoms with van der Waals surface area (Å²) in [7, 11) is 0. The molecule has 1 nitrogen and oxygen atoms in total. The van der Waals surface area contributed by atoms with Gasteiger partial charge < -0.3 is 5.11 Å². The monoisotopic (exact) mass is 162 g/mol. The third-order valence-corrected chi connectivity index (χ3v) is 2.97. The van der Waals surface area contributed by atoms with Crippen LogP contribution in [0.15, 0.2) is 0 Å². The summed E-state index contributed by atoms with van der Waals surface area (Å²) in [6, 6.07) is 0. The summed E-state index contributed by atoms with van der Waals surface area (Å²) in [5.41, 5.74) is 0. The van der Waals surface area contributed by atoms with Gasteiger partial charge in [0.25, 0.3) is 0 Å². The van der Waals surface area contributed by atoms with Crippen LogP contribution in [-0.2, 0) is 0 Å². The van der Waals surface area contributed by atoms with Gasteiger partial charge in [-0.15, -0.1) is 0 Å². The minimum atomic E-state index is -0.0926. The average Bonchev–Trinajstić information content (AvgIpc) is 1.91. The molecule has 0 amide bonds. The van der Waals surface area contributed by atoms with Crippen LogP contribution in [0.25, 0.3) is 0 Å². The molecule has 10 heavy (non-hydrogen) atoms. The molecule has 62 valence electrons. The third-order valence-electron chi connectivity index (χ3n) is 1.72. The van der Waals surface area contributed by atoms with Gasteiger partial charge in [-0.3, -0.25) is 0 Å². The maximum absolute atomic E-state index is 9.49. The second kappa shape index (κ2) is 6.05. The quantitative estimate of drug-likeness (QED) is 0.669. The van der Waals surface area contributed by atoms with Crippen LogP contribution in [0.4, 0.5) is 0 Å². The van der Waals surface area contributed by atoms with Crippen molar-refractivity contribution >= 4 is 11.8 Å². The predicted molar refractivity (Wildman–Crippen MR) is 48.5 cm³/mol. The maximum atomic E-state index is 9.49. The lowest BCUT2D eigenvalue weighted by Gasteiger charge is -2.18. The Balaban J connectivity index is 3.53. The third kappa shape index (κ3) is 3.47. The van der Waals surface area contributed by atoms with E-state index in [1.807, 2.05) is 0 Å². The van der Waals surface area contributed by atoms with Gasteiger partial charge in [-0.2, -0.15) is 11.8 Å². The van der Waals surface area contributed by atoms with Crippen LogP contribution in [-0.4, -0.2) is 22.7 Å². The molecule has 0 aliphatic carbocycles. The summed E-state index contributed by atoms with van der Waals surface area (Å²) in [5.74, 6) is 0. The van der Waals surface area contributed by atoms with E-state index in [9.17, 15) is 5.11 Å². The minimum Gasteiger partial charge on any atom is -0.392 e. The number of hydrogen-bond acceptors (Lipinski definition) is 2. The normalized spacial score (nSPS) is 16.8. The molecule has 0 spiro atoms. The predicted octanol–water partition coefficient (Wildman–Crippen LogP) is 2.29. The topological polar surface area (TPSA) is 20.2 Å². The second-order valence-electron chi connectivity index (χ2n) is 2.54. The van der Waals surface area contributed by atoms with Crippen LogP contribution in [0.1, 0.15) is 33.1 Å². The van der Waals surface area contributed by atoms with Crippen LogP contribution in [0.5, 0.6) is 0 Å². The molecule has 0 fully saturated rings. The van der Waals surface area contributed by atoms with E-state index in [2.05, 4.69) is 20.1 Å². The fourth-order valence-corrected chi connectivity index (χ4v) is 1.86. The standard InChI is InChI=1S/C8H18OS/c1-4-6-7(9)8(5-2)10-3/h7-9H,4-6H2,1-3H3. The summed E-state index contributed by atoms with van der Waals surface area (Å²) in [4.78, 5) is 0. The summed E-state index contributed by atoms with van der Waals surface area (Å²) < 4.78 is 0. The van der Waals surface area contributed by atoms with Crippen molar-refractivity contribution in [3.63, 3.8) is 0 Å². The smallest absolute Gasteiger partial charge is 0.0658 e. The van der Waals surface area contributed by atoms with E-state index in [0.29, 0.717) is 5.25 Å². The molecule has 0 aromatic heterocycles. The zero-order valence-electron chi connectivity index (χ0n) is 7.13. The highest BCUT2D eigenvalue weighted by atomic mass is 32.2. The number of thioether (sulfide) groups is 1. The van der Waals surface area contributed by atoms with Crippen molar-refractivity contribution in [3.8, 4) is 0 Å². The van der Waals surface area contributed by atoms with Crippen LogP contribution in [0, 0.1) is 0 Å². The fourth-order valence-electron chi connectivity index (χ4n) is 1.08. The molecule has 0 saturated carbocycles. The first kappa shape index (κ1) is 10.3. The molecule has 0 aromatic rings. The number of rotatable bonds is 5. The first-order chi connectivity index (χ1) is 4.76. The number of aliphatic hydroxyl groups is 1. The Morgan fingerprint density at radius 1 is 1.40 bits per heavy atom. The lowest BCUT2D eigenvalue weighted by Crippen LogP contribution is -2.21. The Morgan fingerprint density at radius 3 is 2.30 bits per heavy atom. The van der Waals surface area contributed by atoms with Crippen LogP contribution in [0.3, 0.4) is 0 Å². The molecule has 0 saturated heterocycles. The molecule has 2 atom stereocenters. The van der Waals surface area contributed by atoms with E-state index < -0.39 is 0 Å². The molecule has 0 aliphatic rings. The van der Waals surface area contributed by atoms with E-state index in [4.69, 9.17) is 0 Å². The molecule has 1 N–H and O–H groups in total. The van der Waals surface area contributed by atoms with Gasteiger partial charge in [0, 0.05) is 5.25 Å². The molecule has 0 aliphatic heterocycles. The van der Waals surface area contributed by atoms with Crippen LogP contribution in [0.2, 0.25) is 0 Å². The molecular formula is C8H18OS. The zero-order chi connectivity index (χ0) is 7.98. The highest BCUT2D eigenvalue weighted by molar-refractivity contribution is 7.99. The molecule has 0 aromatic carbocycles. The van der Waals surface area contributed by atoms with Gasteiger partial charge in [0.2, 0.25) is 0 Å². The Kier molecular flexibility index (Phi) is 6.24. The van der Waals surface area contributed by atoms with Crippen LogP contribution >= 0.6 is 11.8 Å². The highest BCUT2D eigenvalue weighted by Gasteiger charge is 2.13. The molecule has 0 rings (SSSR count). The van der Waals surface area contributed by atoms with E-state index >= 15 is 0 Å². The molecular weight excluding hydrogens is 144 g/mol. The van der Waals surface area contributed by atoms with Crippen molar-refractivity contribution in [2.75, 3.05) is 6.26 Å². The van der Waals surface area contributed by atoms with Crippen molar-refractivity contribution < 1.29 is 5.11 Å². The van der Waals surface area contributed by atoms with Crippen LogP contribution < -0.4 is 0 Å². The average molecular weight is 162 g/mol. The van der Waals surface area contributed by atoms with Gasteiger partial charge in [-0.05, 0) is 19.1 Å². The molecule has 0 radical (unpaired) electrons. The summed E-state index contributed by atoms with van der Waals surface area (Å²) in [6.45, 7) is 4.23.